The molecule has 3 rings (SSSR count). The lowest BCUT2D eigenvalue weighted by Gasteiger charge is -2.11. The van der Waals surface area contributed by atoms with Crippen molar-refractivity contribution in [1.29, 1.82) is 0 Å². The molecular weight excluding hydrogens is 463 g/mol. The number of hydrogen-bond acceptors (Lipinski definition) is 7. The normalized spacial score (nSPS) is 11.2. The Balaban J connectivity index is 1.87. The Labute approximate surface area is 189 Å². The number of non-ortho nitro benzene ring substituents is 1. The lowest BCUT2D eigenvalue weighted by atomic mass is 10.2. The molecule has 0 saturated heterocycles. The molecule has 0 unspecified atom stereocenters. The molecule has 34 heavy (non-hydrogen) atoms. The van der Waals surface area contributed by atoms with E-state index in [2.05, 4.69) is 10.4 Å². The van der Waals surface area contributed by atoms with Gasteiger partial charge in [0.2, 0.25) is 11.6 Å². The standard InChI is InChI=1S/C20H16F3N5O6/c1-11-5-3-4-6-16(11)34-15-8-13(7-14(9-15)27(30)31)24-17(29)10-26-12(2)18(28(32)33)19(25-26)20(21,22)23/h3-9H,10H2,1-2H3,(H,24,29). The maximum absolute atomic E-state index is 13.1. The number of aromatic nitrogens is 2. The van der Waals surface area contributed by atoms with Crippen LogP contribution in [-0.4, -0.2) is 25.5 Å². The van der Waals surface area contributed by atoms with Gasteiger partial charge in [-0.25, -0.2) is 0 Å². The third-order valence-electron chi connectivity index (χ3n) is 4.63. The molecule has 0 aliphatic carbocycles. The van der Waals surface area contributed by atoms with Gasteiger partial charge >= 0.3 is 11.9 Å². The Hall–Kier alpha value is -4.49. The largest absolute Gasteiger partial charge is 0.457 e. The number of ether oxygens (including phenoxy) is 1. The van der Waals surface area contributed by atoms with Crippen molar-refractivity contribution in [3.8, 4) is 11.5 Å². The van der Waals surface area contributed by atoms with Crippen molar-refractivity contribution < 1.29 is 32.5 Å². The summed E-state index contributed by atoms with van der Waals surface area (Å²) in [6.07, 6.45) is -5.10. The second-order valence-corrected chi connectivity index (χ2v) is 7.08. The third-order valence-corrected chi connectivity index (χ3v) is 4.63. The average Bonchev–Trinajstić information content (AvgIpc) is 3.06. The van der Waals surface area contributed by atoms with Crippen LogP contribution in [0.3, 0.4) is 0 Å². The first-order valence-corrected chi connectivity index (χ1v) is 9.48. The molecule has 0 aliphatic rings. The number of carbonyl (C=O) groups is 1. The quantitative estimate of drug-likeness (QED) is 0.380. The summed E-state index contributed by atoms with van der Waals surface area (Å²) in [5.74, 6) is -0.472. The molecule has 0 fully saturated rings. The molecule has 1 heterocycles. The van der Waals surface area contributed by atoms with Crippen molar-refractivity contribution >= 4 is 23.0 Å². The molecule has 2 aromatic carbocycles. The zero-order valence-electron chi connectivity index (χ0n) is 17.6. The molecule has 0 spiro atoms. The Bertz CT molecular complexity index is 1290. The zero-order chi connectivity index (χ0) is 25.2. The van der Waals surface area contributed by atoms with Gasteiger partial charge in [-0.15, -0.1) is 0 Å². The van der Waals surface area contributed by atoms with E-state index >= 15 is 0 Å². The second-order valence-electron chi connectivity index (χ2n) is 7.08. The Morgan fingerprint density at radius 3 is 2.35 bits per heavy atom. The average molecular weight is 479 g/mol. The number of aryl methyl sites for hydroxylation is 1. The Kier molecular flexibility index (Phi) is 6.51. The molecule has 0 saturated carbocycles. The molecule has 0 radical (unpaired) electrons. The smallest absolute Gasteiger partial charge is 0.442 e. The number of amides is 1. The molecule has 0 atom stereocenters. The first-order valence-electron chi connectivity index (χ1n) is 9.48. The van der Waals surface area contributed by atoms with Crippen molar-refractivity contribution in [3.05, 3.63) is 79.6 Å². The van der Waals surface area contributed by atoms with Crippen molar-refractivity contribution in [2.24, 2.45) is 0 Å². The molecule has 1 N–H and O–H groups in total. The van der Waals surface area contributed by atoms with Crippen molar-refractivity contribution in [1.82, 2.24) is 9.78 Å². The van der Waals surface area contributed by atoms with Gasteiger partial charge in [-0.05, 0) is 25.5 Å². The SMILES string of the molecule is Cc1ccccc1Oc1cc(NC(=O)Cn2nc(C(F)(F)F)c([N+](=O)[O-])c2C)cc([N+](=O)[O-])c1. The minimum absolute atomic E-state index is 0.0315. The Morgan fingerprint density at radius 1 is 1.12 bits per heavy atom. The van der Waals surface area contributed by atoms with E-state index in [4.69, 9.17) is 4.74 Å². The fourth-order valence-electron chi connectivity index (χ4n) is 3.05. The van der Waals surface area contributed by atoms with Gasteiger partial charge in [0.25, 0.3) is 5.69 Å². The van der Waals surface area contributed by atoms with Crippen molar-refractivity contribution in [3.63, 3.8) is 0 Å². The van der Waals surface area contributed by atoms with Gasteiger partial charge in [0.05, 0.1) is 21.6 Å². The van der Waals surface area contributed by atoms with Crippen LogP contribution in [0.25, 0.3) is 0 Å². The van der Waals surface area contributed by atoms with E-state index in [0.29, 0.717) is 10.4 Å². The van der Waals surface area contributed by atoms with Crippen molar-refractivity contribution in [2.75, 3.05) is 5.32 Å². The number of nitrogens with zero attached hydrogens (tertiary/aromatic N) is 4. The number of carbonyl (C=O) groups excluding carboxylic acids is 1. The number of benzene rings is 2. The Morgan fingerprint density at radius 2 is 1.79 bits per heavy atom. The summed E-state index contributed by atoms with van der Waals surface area (Å²) in [5.41, 5.74) is -3.20. The van der Waals surface area contributed by atoms with Crippen molar-refractivity contribution in [2.45, 2.75) is 26.6 Å². The van der Waals surface area contributed by atoms with Crippen LogP contribution >= 0.6 is 0 Å². The summed E-state index contributed by atoms with van der Waals surface area (Å²) in [5, 5.41) is 27.8. The van der Waals surface area contributed by atoms with Crippen LogP contribution in [-0.2, 0) is 17.5 Å². The van der Waals surface area contributed by atoms with Crippen LogP contribution in [0.1, 0.15) is 17.0 Å². The lowest BCUT2D eigenvalue weighted by Crippen LogP contribution is -2.21. The van der Waals surface area contributed by atoms with E-state index in [-0.39, 0.29) is 11.4 Å². The molecule has 178 valence electrons. The third kappa shape index (κ3) is 5.28. The van der Waals surface area contributed by atoms with Gasteiger partial charge in [-0.2, -0.15) is 18.3 Å². The highest BCUT2D eigenvalue weighted by atomic mass is 19.4. The monoisotopic (exact) mass is 479 g/mol. The second kappa shape index (κ2) is 9.17. The molecular formula is C20H16F3N5O6. The van der Waals surface area contributed by atoms with Gasteiger partial charge in [0.1, 0.15) is 23.7 Å². The molecule has 1 amide bonds. The van der Waals surface area contributed by atoms with Crippen LogP contribution in [0.4, 0.5) is 30.2 Å². The summed E-state index contributed by atoms with van der Waals surface area (Å²) in [6, 6.07) is 10.3. The van der Waals surface area contributed by atoms with E-state index < -0.39 is 51.2 Å². The van der Waals surface area contributed by atoms with Gasteiger partial charge in [0.15, 0.2) is 0 Å². The van der Waals surface area contributed by atoms with Gasteiger partial charge in [-0.1, -0.05) is 18.2 Å². The minimum atomic E-state index is -5.10. The molecule has 14 heteroatoms. The van der Waals surface area contributed by atoms with Crippen LogP contribution in [0.2, 0.25) is 0 Å². The van der Waals surface area contributed by atoms with Crippen LogP contribution in [0, 0.1) is 34.1 Å². The van der Waals surface area contributed by atoms with Crippen LogP contribution in [0.15, 0.2) is 42.5 Å². The maximum atomic E-state index is 13.1. The molecule has 11 nitrogen and oxygen atoms in total. The number of halogens is 3. The lowest BCUT2D eigenvalue weighted by molar-refractivity contribution is -0.388. The predicted molar refractivity (Wildman–Crippen MR) is 112 cm³/mol. The highest BCUT2D eigenvalue weighted by Gasteiger charge is 2.44. The number of hydrogen-bond donors (Lipinski definition) is 1. The van der Waals surface area contributed by atoms with E-state index in [0.717, 1.165) is 24.6 Å². The van der Waals surface area contributed by atoms with Gasteiger partial charge < -0.3 is 10.1 Å². The number of para-hydroxylation sites is 1. The number of nitrogens with one attached hydrogen (secondary N) is 1. The summed E-state index contributed by atoms with van der Waals surface area (Å²) in [7, 11) is 0. The van der Waals surface area contributed by atoms with Crippen LogP contribution in [0.5, 0.6) is 11.5 Å². The molecule has 0 bridgehead atoms. The number of rotatable bonds is 7. The topological polar surface area (TPSA) is 142 Å². The minimum Gasteiger partial charge on any atom is -0.457 e. The fraction of sp³-hybridized carbons (Fsp3) is 0.200. The van der Waals surface area contributed by atoms with E-state index in [9.17, 15) is 38.2 Å². The summed E-state index contributed by atoms with van der Waals surface area (Å²) in [4.78, 5) is 32.9. The summed E-state index contributed by atoms with van der Waals surface area (Å²) >= 11 is 0. The van der Waals surface area contributed by atoms with E-state index in [1.807, 2.05) is 0 Å². The first kappa shape index (κ1) is 24.2. The predicted octanol–water partition coefficient (Wildman–Crippen LogP) is 4.77. The van der Waals surface area contributed by atoms with Gasteiger partial charge in [0, 0.05) is 12.1 Å². The first-order chi connectivity index (χ1) is 15.9. The number of alkyl halides is 3. The van der Waals surface area contributed by atoms with E-state index in [1.54, 1.807) is 31.2 Å². The highest BCUT2D eigenvalue weighted by Crippen LogP contribution is 2.37. The van der Waals surface area contributed by atoms with Gasteiger partial charge in [-0.3, -0.25) is 29.7 Å². The molecule has 0 aliphatic heterocycles. The summed E-state index contributed by atoms with van der Waals surface area (Å²) < 4.78 is 45.5. The molecule has 1 aromatic heterocycles. The summed E-state index contributed by atoms with van der Waals surface area (Å²) in [6.45, 7) is 1.98. The van der Waals surface area contributed by atoms with Crippen LogP contribution < -0.4 is 10.1 Å². The van der Waals surface area contributed by atoms with E-state index in [1.165, 1.54) is 6.07 Å². The maximum Gasteiger partial charge on any atom is 0.442 e. The number of nitro benzene ring substituents is 1. The number of nitro groups is 2. The highest BCUT2D eigenvalue weighted by molar-refractivity contribution is 5.91. The zero-order valence-corrected chi connectivity index (χ0v) is 17.6. The molecule has 3 aromatic rings. The number of anilines is 1. The fourth-order valence-corrected chi connectivity index (χ4v) is 3.05.